The van der Waals surface area contributed by atoms with Gasteiger partial charge >= 0.3 is 0 Å². The average molecular weight is 367 g/mol. The second kappa shape index (κ2) is 6.67. The molecule has 0 radical (unpaired) electrons. The van der Waals surface area contributed by atoms with Crippen LogP contribution < -0.4 is 5.32 Å². The number of sulfonamides is 1. The number of nitrogens with one attached hydrogen (secondary N) is 1. The molecule has 19 heavy (non-hydrogen) atoms. The number of thiophene rings is 1. The molecule has 1 saturated heterocycles. The summed E-state index contributed by atoms with van der Waals surface area (Å²) in [6.07, 6.45) is 3.05. The van der Waals surface area contributed by atoms with E-state index in [4.69, 9.17) is 0 Å². The summed E-state index contributed by atoms with van der Waals surface area (Å²) in [5, 5.41) is 3.42. The van der Waals surface area contributed by atoms with Gasteiger partial charge in [0.1, 0.15) is 4.21 Å². The van der Waals surface area contributed by atoms with Crippen LogP contribution in [0.25, 0.3) is 0 Å². The molecule has 108 valence electrons. The number of hydrogen-bond donors (Lipinski definition) is 1. The van der Waals surface area contributed by atoms with Gasteiger partial charge in [0.05, 0.1) is 3.79 Å². The average Bonchev–Trinajstić information content (AvgIpc) is 2.84. The molecule has 1 unspecified atom stereocenters. The molecule has 0 aliphatic carbocycles. The number of piperidine rings is 1. The van der Waals surface area contributed by atoms with Crippen molar-refractivity contribution in [3.63, 3.8) is 0 Å². The van der Waals surface area contributed by atoms with Crippen molar-refractivity contribution < 1.29 is 8.42 Å². The van der Waals surface area contributed by atoms with Crippen LogP contribution in [0.15, 0.2) is 20.1 Å². The molecular formula is C12H19BrN2O2S2. The highest BCUT2D eigenvalue weighted by molar-refractivity contribution is 9.11. The van der Waals surface area contributed by atoms with E-state index in [1.54, 1.807) is 16.4 Å². The maximum atomic E-state index is 12.5. The zero-order chi connectivity index (χ0) is 13.9. The third-order valence-electron chi connectivity index (χ3n) is 3.21. The highest BCUT2D eigenvalue weighted by Crippen LogP contribution is 2.29. The van der Waals surface area contributed by atoms with Gasteiger partial charge in [0.15, 0.2) is 0 Å². The molecule has 0 bridgehead atoms. The Balaban J connectivity index is 2.08. The smallest absolute Gasteiger partial charge is 0.252 e. The largest absolute Gasteiger partial charge is 0.313 e. The Morgan fingerprint density at radius 2 is 2.32 bits per heavy atom. The molecule has 4 nitrogen and oxygen atoms in total. The lowest BCUT2D eigenvalue weighted by molar-refractivity contribution is 0.284. The third-order valence-corrected chi connectivity index (χ3v) is 7.17. The second-order valence-electron chi connectivity index (χ2n) is 4.71. The Morgan fingerprint density at radius 1 is 1.53 bits per heavy atom. The number of rotatable bonds is 5. The normalized spacial score (nSPS) is 21.7. The minimum absolute atomic E-state index is 0.284. The van der Waals surface area contributed by atoms with Crippen LogP contribution >= 0.6 is 27.3 Å². The minimum Gasteiger partial charge on any atom is -0.313 e. The van der Waals surface area contributed by atoms with Gasteiger partial charge < -0.3 is 5.32 Å². The van der Waals surface area contributed by atoms with Gasteiger partial charge in [-0.2, -0.15) is 4.31 Å². The zero-order valence-corrected chi connectivity index (χ0v) is 14.2. The first-order valence-electron chi connectivity index (χ1n) is 6.53. The summed E-state index contributed by atoms with van der Waals surface area (Å²) in [5.41, 5.74) is 0. The molecule has 1 aliphatic heterocycles. The molecule has 0 spiro atoms. The van der Waals surface area contributed by atoms with Crippen LogP contribution in [0.3, 0.4) is 0 Å². The van der Waals surface area contributed by atoms with Crippen LogP contribution in [-0.4, -0.2) is 38.4 Å². The fraction of sp³-hybridized carbons (Fsp3) is 0.667. The summed E-state index contributed by atoms with van der Waals surface area (Å²) >= 11 is 4.59. The Morgan fingerprint density at radius 3 is 2.95 bits per heavy atom. The molecule has 1 atom stereocenters. The van der Waals surface area contributed by atoms with E-state index in [0.29, 0.717) is 17.3 Å². The molecule has 0 aromatic carbocycles. The van der Waals surface area contributed by atoms with Crippen LogP contribution in [0.1, 0.15) is 26.2 Å². The number of nitrogens with zero attached hydrogens (tertiary/aromatic N) is 1. The minimum atomic E-state index is -3.32. The Bertz CT molecular complexity index is 516. The van der Waals surface area contributed by atoms with E-state index in [1.807, 2.05) is 0 Å². The highest BCUT2D eigenvalue weighted by atomic mass is 79.9. The van der Waals surface area contributed by atoms with Crippen molar-refractivity contribution in [3.8, 4) is 0 Å². The van der Waals surface area contributed by atoms with Crippen molar-refractivity contribution in [2.24, 2.45) is 0 Å². The van der Waals surface area contributed by atoms with Crippen LogP contribution in [0.2, 0.25) is 0 Å². The summed E-state index contributed by atoms with van der Waals surface area (Å²) in [6, 6.07) is 3.74. The van der Waals surface area contributed by atoms with Gasteiger partial charge in [-0.1, -0.05) is 6.92 Å². The number of hydrogen-bond acceptors (Lipinski definition) is 4. The van der Waals surface area contributed by atoms with Crippen molar-refractivity contribution >= 4 is 37.3 Å². The lowest BCUT2D eigenvalue weighted by Crippen LogP contribution is -2.47. The molecule has 0 amide bonds. The molecular weight excluding hydrogens is 348 g/mol. The molecule has 1 aromatic rings. The Labute approximate surface area is 127 Å². The highest BCUT2D eigenvalue weighted by Gasteiger charge is 2.30. The van der Waals surface area contributed by atoms with Crippen LogP contribution in [0, 0.1) is 0 Å². The van der Waals surface area contributed by atoms with Gasteiger partial charge in [0.2, 0.25) is 0 Å². The molecule has 7 heteroatoms. The fourth-order valence-corrected chi connectivity index (χ4v) is 5.93. The quantitative estimate of drug-likeness (QED) is 0.871. The molecule has 1 aliphatic rings. The van der Waals surface area contributed by atoms with Crippen molar-refractivity contribution in [2.45, 2.75) is 36.4 Å². The van der Waals surface area contributed by atoms with Crippen LogP contribution in [-0.2, 0) is 10.0 Å². The summed E-state index contributed by atoms with van der Waals surface area (Å²) in [6.45, 7) is 4.27. The predicted molar refractivity (Wildman–Crippen MR) is 82.1 cm³/mol. The maximum absolute atomic E-state index is 12.5. The summed E-state index contributed by atoms with van der Waals surface area (Å²) in [5.74, 6) is 0. The maximum Gasteiger partial charge on any atom is 0.252 e. The monoisotopic (exact) mass is 366 g/mol. The SMILES string of the molecule is CCCNC1CCCN(S(=O)(=O)c2ccc(Br)s2)C1. The second-order valence-corrected chi connectivity index (χ2v) is 9.34. The van der Waals surface area contributed by atoms with Crippen molar-refractivity contribution in [1.29, 1.82) is 0 Å². The Hall–Kier alpha value is 0.0500. The Kier molecular flexibility index (Phi) is 5.42. The molecule has 2 rings (SSSR count). The molecule has 1 aromatic heterocycles. The topological polar surface area (TPSA) is 49.4 Å². The van der Waals surface area contributed by atoms with E-state index < -0.39 is 10.0 Å². The molecule has 2 heterocycles. The van der Waals surface area contributed by atoms with Gasteiger partial charge in [-0.25, -0.2) is 8.42 Å². The van der Waals surface area contributed by atoms with Crippen LogP contribution in [0.5, 0.6) is 0 Å². The lowest BCUT2D eigenvalue weighted by Gasteiger charge is -2.32. The first kappa shape index (κ1) is 15.4. The number of halogens is 1. The van der Waals surface area contributed by atoms with Crippen molar-refractivity contribution in [1.82, 2.24) is 9.62 Å². The van der Waals surface area contributed by atoms with Crippen molar-refractivity contribution in [2.75, 3.05) is 19.6 Å². The van der Waals surface area contributed by atoms with Gasteiger partial charge in [0, 0.05) is 19.1 Å². The summed E-state index contributed by atoms with van der Waals surface area (Å²) in [4.78, 5) is 0. The molecule has 0 saturated carbocycles. The van der Waals surface area contributed by atoms with Gasteiger partial charge in [-0.3, -0.25) is 0 Å². The zero-order valence-electron chi connectivity index (χ0n) is 10.9. The lowest BCUT2D eigenvalue weighted by atomic mass is 10.1. The van der Waals surface area contributed by atoms with Gasteiger partial charge in [-0.15, -0.1) is 11.3 Å². The van der Waals surface area contributed by atoms with E-state index >= 15 is 0 Å². The fourth-order valence-electron chi connectivity index (χ4n) is 2.24. The third kappa shape index (κ3) is 3.78. The molecule has 1 N–H and O–H groups in total. The summed E-state index contributed by atoms with van der Waals surface area (Å²) < 4.78 is 27.9. The van der Waals surface area contributed by atoms with Crippen molar-refractivity contribution in [3.05, 3.63) is 15.9 Å². The molecule has 1 fully saturated rings. The van der Waals surface area contributed by atoms with Crippen LogP contribution in [0.4, 0.5) is 0 Å². The predicted octanol–water partition coefficient (Wildman–Crippen LogP) is 2.66. The van der Waals surface area contributed by atoms with E-state index in [2.05, 4.69) is 28.2 Å². The van der Waals surface area contributed by atoms with Gasteiger partial charge in [-0.05, 0) is 53.9 Å². The standard InChI is InChI=1S/C12H19BrN2O2S2/c1-2-7-14-10-4-3-8-15(9-10)19(16,17)12-6-5-11(13)18-12/h5-6,10,14H,2-4,7-9H2,1H3. The van der Waals surface area contributed by atoms with E-state index in [1.165, 1.54) is 11.3 Å². The van der Waals surface area contributed by atoms with E-state index in [-0.39, 0.29) is 6.04 Å². The first-order chi connectivity index (χ1) is 9.04. The first-order valence-corrected chi connectivity index (χ1v) is 9.58. The summed E-state index contributed by atoms with van der Waals surface area (Å²) in [7, 11) is -3.32. The van der Waals surface area contributed by atoms with E-state index in [0.717, 1.165) is 29.6 Å². The van der Waals surface area contributed by atoms with E-state index in [9.17, 15) is 8.42 Å². The van der Waals surface area contributed by atoms with Gasteiger partial charge in [0.25, 0.3) is 10.0 Å².